The van der Waals surface area contributed by atoms with Gasteiger partial charge in [0.2, 0.25) is 0 Å². The van der Waals surface area contributed by atoms with Crippen LogP contribution in [0.15, 0.2) is 0 Å². The van der Waals surface area contributed by atoms with Gasteiger partial charge in [-0.15, -0.1) is 11.6 Å². The first-order valence-electron chi connectivity index (χ1n) is 5.15. The Kier molecular flexibility index (Phi) is 3.10. The van der Waals surface area contributed by atoms with Crippen LogP contribution in [0.5, 0.6) is 0 Å². The van der Waals surface area contributed by atoms with Crippen LogP contribution in [0.3, 0.4) is 0 Å². The second-order valence-corrected chi connectivity index (χ2v) is 6.52. The first-order chi connectivity index (χ1) is 6.60. The van der Waals surface area contributed by atoms with Crippen molar-refractivity contribution in [1.29, 1.82) is 0 Å². The molecule has 1 amide bonds. The molecule has 1 aliphatic heterocycles. The summed E-state index contributed by atoms with van der Waals surface area (Å²) in [6.45, 7) is 9.85. The molecule has 0 bridgehead atoms. The molecule has 15 heavy (non-hydrogen) atoms. The van der Waals surface area contributed by atoms with Gasteiger partial charge in [-0.3, -0.25) is 4.79 Å². The third-order valence-electron chi connectivity index (χ3n) is 2.73. The van der Waals surface area contributed by atoms with Crippen LogP contribution in [0.25, 0.3) is 0 Å². The molecule has 88 valence electrons. The van der Waals surface area contributed by atoms with Crippen LogP contribution in [0.2, 0.25) is 0 Å². The normalized spacial score (nSPS) is 27.9. The summed E-state index contributed by atoms with van der Waals surface area (Å²) in [4.78, 5) is 13.2. The summed E-state index contributed by atoms with van der Waals surface area (Å²) in [6.07, 6.45) is -0.392. The molecular formula is C11H20ClNO2. The van der Waals surface area contributed by atoms with E-state index in [1.54, 1.807) is 7.11 Å². The lowest BCUT2D eigenvalue weighted by Crippen LogP contribution is -2.75. The fourth-order valence-electron chi connectivity index (χ4n) is 2.11. The van der Waals surface area contributed by atoms with Crippen LogP contribution in [0, 0.1) is 0 Å². The second kappa shape index (κ2) is 3.63. The number of rotatable bonds is 2. The Bertz CT molecular complexity index is 265. The van der Waals surface area contributed by atoms with Gasteiger partial charge in [-0.2, -0.15) is 0 Å². The quantitative estimate of drug-likeness (QED) is 0.540. The summed E-state index contributed by atoms with van der Waals surface area (Å²) in [6, 6.07) is -0.0586. The first kappa shape index (κ1) is 12.8. The van der Waals surface area contributed by atoms with Gasteiger partial charge in [-0.25, -0.2) is 0 Å². The smallest absolute Gasteiger partial charge is 0.254 e. The molecule has 0 unspecified atom stereocenters. The fraction of sp³-hybridized carbons (Fsp3) is 0.909. The summed E-state index contributed by atoms with van der Waals surface area (Å²) in [5, 5.41) is 0. The number of likely N-dealkylation sites (tertiary alicyclic amines) is 1. The number of carbonyl (C=O) groups excluding carboxylic acids is 1. The van der Waals surface area contributed by atoms with E-state index in [4.69, 9.17) is 16.3 Å². The molecule has 1 saturated heterocycles. The van der Waals surface area contributed by atoms with E-state index in [-0.39, 0.29) is 17.5 Å². The van der Waals surface area contributed by atoms with E-state index >= 15 is 0 Å². The molecule has 0 aromatic heterocycles. The van der Waals surface area contributed by atoms with Gasteiger partial charge < -0.3 is 9.64 Å². The zero-order valence-corrected chi connectivity index (χ0v) is 11.1. The predicted octanol–water partition coefficient (Wildman–Crippen LogP) is 2.03. The van der Waals surface area contributed by atoms with Crippen LogP contribution in [0.4, 0.5) is 0 Å². The number of halogens is 1. The molecule has 0 radical (unpaired) electrons. The number of amides is 1. The molecule has 0 aromatic rings. The number of ether oxygens (including phenoxy) is 1. The molecule has 2 atom stereocenters. The lowest BCUT2D eigenvalue weighted by Gasteiger charge is -2.56. The summed E-state index contributed by atoms with van der Waals surface area (Å²) in [7, 11) is 1.55. The number of carbonyl (C=O) groups is 1. The molecule has 0 aromatic carbocycles. The van der Waals surface area contributed by atoms with Gasteiger partial charge in [0.25, 0.3) is 5.91 Å². The van der Waals surface area contributed by atoms with E-state index in [0.29, 0.717) is 0 Å². The molecule has 0 saturated carbocycles. The number of methoxy groups -OCH3 is 1. The van der Waals surface area contributed by atoms with Crippen molar-refractivity contribution in [1.82, 2.24) is 4.90 Å². The number of hydrogen-bond donors (Lipinski definition) is 0. The molecule has 4 heteroatoms. The molecule has 3 nitrogen and oxygen atoms in total. The zero-order valence-electron chi connectivity index (χ0n) is 10.3. The molecular weight excluding hydrogens is 214 g/mol. The highest BCUT2D eigenvalue weighted by Gasteiger charge is 2.57. The van der Waals surface area contributed by atoms with Crippen molar-refractivity contribution in [3.05, 3.63) is 0 Å². The lowest BCUT2D eigenvalue weighted by molar-refractivity contribution is -0.184. The molecule has 1 fully saturated rings. The minimum Gasteiger partial charge on any atom is -0.369 e. The van der Waals surface area contributed by atoms with Crippen molar-refractivity contribution >= 4 is 17.5 Å². The maximum atomic E-state index is 11.8. The maximum Gasteiger partial charge on any atom is 0.254 e. The third kappa shape index (κ3) is 2.13. The summed E-state index contributed by atoms with van der Waals surface area (Å²) in [5.41, 5.74) is -0.205. The van der Waals surface area contributed by atoms with Crippen LogP contribution >= 0.6 is 11.6 Å². The SMILES string of the molecule is CO[C@@H]1C(=O)N(C(C)(C)C)[C@@H]1C(C)(C)Cl. The average molecular weight is 234 g/mol. The van der Waals surface area contributed by atoms with Gasteiger partial charge in [0.15, 0.2) is 6.10 Å². The van der Waals surface area contributed by atoms with E-state index in [2.05, 4.69) is 0 Å². The lowest BCUT2D eigenvalue weighted by atomic mass is 9.82. The molecule has 1 heterocycles. The molecule has 1 rings (SSSR count). The zero-order chi connectivity index (χ0) is 12.0. The third-order valence-corrected chi connectivity index (χ3v) is 2.95. The van der Waals surface area contributed by atoms with Gasteiger partial charge in [-0.1, -0.05) is 0 Å². The van der Waals surface area contributed by atoms with E-state index in [0.717, 1.165) is 0 Å². The van der Waals surface area contributed by atoms with E-state index in [1.807, 2.05) is 39.5 Å². The van der Waals surface area contributed by atoms with Crippen molar-refractivity contribution in [3.8, 4) is 0 Å². The molecule has 0 spiro atoms. The minimum absolute atomic E-state index is 0.0312. The van der Waals surface area contributed by atoms with E-state index < -0.39 is 11.0 Å². The highest BCUT2D eigenvalue weighted by molar-refractivity contribution is 6.24. The Hall–Kier alpha value is -0.280. The first-order valence-corrected chi connectivity index (χ1v) is 5.53. The van der Waals surface area contributed by atoms with Crippen molar-refractivity contribution in [3.63, 3.8) is 0 Å². The van der Waals surface area contributed by atoms with Gasteiger partial charge in [-0.05, 0) is 34.6 Å². The summed E-state index contributed by atoms with van der Waals surface area (Å²) >= 11 is 6.30. The Morgan fingerprint density at radius 1 is 1.27 bits per heavy atom. The highest BCUT2D eigenvalue weighted by Crippen LogP contribution is 2.39. The fourth-order valence-corrected chi connectivity index (χ4v) is 2.32. The standard InChI is InChI=1S/C11H20ClNO2/c1-10(2,3)13-8(11(4,5)12)7(15-6)9(13)14/h7-8H,1-6H3/t7-,8-/m0/s1. The molecule has 1 aliphatic rings. The van der Waals surface area contributed by atoms with Gasteiger partial charge in [0.1, 0.15) is 0 Å². The topological polar surface area (TPSA) is 29.5 Å². The molecule has 0 aliphatic carbocycles. The van der Waals surface area contributed by atoms with Gasteiger partial charge in [0.05, 0.1) is 10.9 Å². The van der Waals surface area contributed by atoms with E-state index in [1.165, 1.54) is 0 Å². The number of alkyl halides is 1. The van der Waals surface area contributed by atoms with Crippen molar-refractivity contribution in [2.75, 3.05) is 7.11 Å². The number of hydrogen-bond acceptors (Lipinski definition) is 2. The van der Waals surface area contributed by atoms with E-state index in [9.17, 15) is 4.79 Å². The summed E-state index contributed by atoms with van der Waals surface area (Å²) < 4.78 is 5.19. The van der Waals surface area contributed by atoms with Crippen molar-refractivity contribution < 1.29 is 9.53 Å². The largest absolute Gasteiger partial charge is 0.369 e. The van der Waals surface area contributed by atoms with Gasteiger partial charge >= 0.3 is 0 Å². The van der Waals surface area contributed by atoms with Crippen molar-refractivity contribution in [2.45, 2.75) is 57.2 Å². The Morgan fingerprint density at radius 3 is 2.00 bits per heavy atom. The number of nitrogens with zero attached hydrogens (tertiary/aromatic N) is 1. The van der Waals surface area contributed by atoms with Crippen LogP contribution < -0.4 is 0 Å². The Balaban J connectivity index is 2.95. The summed E-state index contributed by atoms with van der Waals surface area (Å²) in [5.74, 6) is 0.0312. The molecule has 0 N–H and O–H groups in total. The maximum absolute atomic E-state index is 11.8. The van der Waals surface area contributed by atoms with Crippen LogP contribution in [-0.4, -0.2) is 40.5 Å². The average Bonchev–Trinajstić information content (AvgIpc) is 1.95. The Labute approximate surface area is 96.7 Å². The minimum atomic E-state index is -0.470. The van der Waals surface area contributed by atoms with Crippen molar-refractivity contribution in [2.24, 2.45) is 0 Å². The Morgan fingerprint density at radius 2 is 1.73 bits per heavy atom. The predicted molar refractivity (Wildman–Crippen MR) is 61.1 cm³/mol. The van der Waals surface area contributed by atoms with Crippen LogP contribution in [0.1, 0.15) is 34.6 Å². The number of β-lactam (4-membered cyclic amide) rings is 1. The highest BCUT2D eigenvalue weighted by atomic mass is 35.5. The van der Waals surface area contributed by atoms with Crippen LogP contribution in [-0.2, 0) is 9.53 Å². The monoisotopic (exact) mass is 233 g/mol. The second-order valence-electron chi connectivity index (χ2n) is 5.54. The van der Waals surface area contributed by atoms with Gasteiger partial charge in [0, 0.05) is 12.6 Å².